The Balaban J connectivity index is 2.60. The van der Waals surface area contributed by atoms with Gasteiger partial charge in [-0.15, -0.1) is 0 Å². The number of benzene rings is 1. The van der Waals surface area contributed by atoms with Crippen molar-refractivity contribution in [3.05, 3.63) is 22.2 Å². The first-order chi connectivity index (χ1) is 9.59. The highest BCUT2D eigenvalue weighted by molar-refractivity contribution is 6.33. The first kappa shape index (κ1) is 15.5. The predicted molar refractivity (Wildman–Crippen MR) is 83.1 cm³/mol. The summed E-state index contributed by atoms with van der Waals surface area (Å²) in [6.45, 7) is 2.64. The second-order valence-corrected chi connectivity index (χ2v) is 6.04. The molecule has 1 fully saturated rings. The van der Waals surface area contributed by atoms with Crippen LogP contribution in [0.4, 0.5) is 0 Å². The summed E-state index contributed by atoms with van der Waals surface area (Å²) < 4.78 is 11.0. The number of ether oxygens (including phenoxy) is 2. The smallest absolute Gasteiger partial charge is 0.145 e. The van der Waals surface area contributed by atoms with Gasteiger partial charge in [-0.25, -0.2) is 0 Å². The van der Waals surface area contributed by atoms with Crippen LogP contribution < -0.4 is 15.2 Å². The van der Waals surface area contributed by atoms with E-state index in [-0.39, 0.29) is 5.41 Å². The molecule has 1 saturated carbocycles. The lowest BCUT2D eigenvalue weighted by Gasteiger charge is -2.38. The molecule has 0 spiro atoms. The quantitative estimate of drug-likeness (QED) is 0.918. The van der Waals surface area contributed by atoms with Crippen molar-refractivity contribution in [1.29, 1.82) is 0 Å². The van der Waals surface area contributed by atoms with E-state index in [0.717, 1.165) is 29.7 Å². The van der Waals surface area contributed by atoms with Gasteiger partial charge in [0.15, 0.2) is 0 Å². The largest absolute Gasteiger partial charge is 0.495 e. The average Bonchev–Trinajstić information content (AvgIpc) is 2.48. The third kappa shape index (κ3) is 2.49. The highest BCUT2D eigenvalue weighted by Crippen LogP contribution is 2.48. The standard InChI is InChI=1S/C16H24ClNO2/c1-11-9-12(15(20-3)13(17)14(11)19-2)16(10-18)7-5-4-6-8-16/h9H,4-8,10,18H2,1-3H3. The number of hydrogen-bond donors (Lipinski definition) is 1. The number of halogens is 1. The van der Waals surface area contributed by atoms with E-state index in [1.165, 1.54) is 19.3 Å². The molecule has 4 heteroatoms. The molecule has 3 nitrogen and oxygen atoms in total. The minimum Gasteiger partial charge on any atom is -0.495 e. The lowest BCUT2D eigenvalue weighted by molar-refractivity contribution is 0.286. The summed E-state index contributed by atoms with van der Waals surface area (Å²) in [5, 5.41) is 0.559. The molecule has 0 bridgehead atoms. The molecular weight excluding hydrogens is 274 g/mol. The van der Waals surface area contributed by atoms with Crippen LogP contribution in [0, 0.1) is 6.92 Å². The van der Waals surface area contributed by atoms with Crippen LogP contribution in [0.25, 0.3) is 0 Å². The van der Waals surface area contributed by atoms with Crippen molar-refractivity contribution < 1.29 is 9.47 Å². The molecule has 0 amide bonds. The Labute approximate surface area is 126 Å². The van der Waals surface area contributed by atoms with Gasteiger partial charge in [0, 0.05) is 17.5 Å². The Morgan fingerprint density at radius 3 is 2.25 bits per heavy atom. The summed E-state index contributed by atoms with van der Waals surface area (Å²) >= 11 is 6.47. The van der Waals surface area contributed by atoms with Gasteiger partial charge in [0.25, 0.3) is 0 Å². The van der Waals surface area contributed by atoms with Gasteiger partial charge in [0.05, 0.1) is 14.2 Å². The van der Waals surface area contributed by atoms with E-state index in [0.29, 0.717) is 17.3 Å². The van der Waals surface area contributed by atoms with Crippen LogP contribution in [-0.2, 0) is 5.41 Å². The minimum atomic E-state index is -0.00966. The van der Waals surface area contributed by atoms with Gasteiger partial charge in [0.2, 0.25) is 0 Å². The van der Waals surface area contributed by atoms with Crippen LogP contribution in [0.1, 0.15) is 43.2 Å². The van der Waals surface area contributed by atoms with Crippen LogP contribution in [0.2, 0.25) is 5.02 Å². The maximum absolute atomic E-state index is 6.47. The van der Waals surface area contributed by atoms with Crippen molar-refractivity contribution in [1.82, 2.24) is 0 Å². The summed E-state index contributed by atoms with van der Waals surface area (Å²) in [5.41, 5.74) is 8.30. The maximum atomic E-state index is 6.47. The molecule has 1 aromatic carbocycles. The van der Waals surface area contributed by atoms with Gasteiger partial charge in [-0.05, 0) is 31.4 Å². The summed E-state index contributed by atoms with van der Waals surface area (Å²) in [4.78, 5) is 0. The molecule has 0 aliphatic heterocycles. The van der Waals surface area contributed by atoms with Gasteiger partial charge >= 0.3 is 0 Å². The summed E-state index contributed by atoms with van der Waals surface area (Å²) in [5.74, 6) is 1.41. The monoisotopic (exact) mass is 297 g/mol. The van der Waals surface area contributed by atoms with Gasteiger partial charge in [0.1, 0.15) is 16.5 Å². The molecule has 1 aromatic rings. The third-order valence-corrected chi connectivity index (χ3v) is 4.89. The number of nitrogens with two attached hydrogens (primary N) is 1. The minimum absolute atomic E-state index is 0.00966. The number of rotatable bonds is 4. The van der Waals surface area contributed by atoms with Crippen LogP contribution >= 0.6 is 11.6 Å². The van der Waals surface area contributed by atoms with Crippen molar-refractivity contribution in [3.63, 3.8) is 0 Å². The Hall–Kier alpha value is -0.930. The van der Waals surface area contributed by atoms with Crippen LogP contribution in [0.15, 0.2) is 6.07 Å². The van der Waals surface area contributed by atoms with E-state index in [1.54, 1.807) is 14.2 Å². The molecule has 20 heavy (non-hydrogen) atoms. The van der Waals surface area contributed by atoms with E-state index in [1.807, 2.05) is 6.92 Å². The first-order valence-corrected chi connectivity index (χ1v) is 7.59. The summed E-state index contributed by atoms with van der Waals surface area (Å²) in [6, 6.07) is 2.14. The summed E-state index contributed by atoms with van der Waals surface area (Å²) in [7, 11) is 3.29. The second kappa shape index (κ2) is 6.23. The summed E-state index contributed by atoms with van der Waals surface area (Å²) in [6.07, 6.45) is 5.91. The van der Waals surface area contributed by atoms with E-state index in [4.69, 9.17) is 26.8 Å². The highest BCUT2D eigenvalue weighted by atomic mass is 35.5. The van der Waals surface area contributed by atoms with Crippen LogP contribution in [-0.4, -0.2) is 20.8 Å². The highest BCUT2D eigenvalue weighted by Gasteiger charge is 2.36. The molecule has 0 heterocycles. The Morgan fingerprint density at radius 1 is 1.15 bits per heavy atom. The van der Waals surface area contributed by atoms with Crippen LogP contribution in [0.5, 0.6) is 11.5 Å². The molecule has 0 aromatic heterocycles. The van der Waals surface area contributed by atoms with Crippen molar-refractivity contribution in [2.75, 3.05) is 20.8 Å². The second-order valence-electron chi connectivity index (χ2n) is 5.67. The van der Waals surface area contributed by atoms with Crippen molar-refractivity contribution in [2.24, 2.45) is 5.73 Å². The topological polar surface area (TPSA) is 44.5 Å². The molecule has 0 atom stereocenters. The van der Waals surface area contributed by atoms with Gasteiger partial charge in [-0.3, -0.25) is 0 Å². The predicted octanol–water partition coefficient (Wildman–Crippen LogP) is 3.83. The number of aryl methyl sites for hydroxylation is 1. The number of hydrogen-bond acceptors (Lipinski definition) is 3. The van der Waals surface area contributed by atoms with E-state index in [9.17, 15) is 0 Å². The van der Waals surface area contributed by atoms with Crippen molar-refractivity contribution in [3.8, 4) is 11.5 Å². The van der Waals surface area contributed by atoms with Crippen molar-refractivity contribution >= 4 is 11.6 Å². The zero-order chi connectivity index (χ0) is 14.8. The SMILES string of the molecule is COc1c(C)cc(C2(CN)CCCCC2)c(OC)c1Cl. The molecular formula is C16H24ClNO2. The van der Waals surface area contributed by atoms with Crippen molar-refractivity contribution in [2.45, 2.75) is 44.4 Å². The lowest BCUT2D eigenvalue weighted by atomic mass is 9.69. The van der Waals surface area contributed by atoms with Gasteiger partial charge in [-0.2, -0.15) is 0 Å². The zero-order valence-electron chi connectivity index (χ0n) is 12.6. The molecule has 2 N–H and O–H groups in total. The maximum Gasteiger partial charge on any atom is 0.145 e. The third-order valence-electron chi connectivity index (χ3n) is 4.54. The van der Waals surface area contributed by atoms with E-state index in [2.05, 4.69) is 6.07 Å². The fraction of sp³-hybridized carbons (Fsp3) is 0.625. The lowest BCUT2D eigenvalue weighted by Crippen LogP contribution is -2.37. The average molecular weight is 298 g/mol. The van der Waals surface area contributed by atoms with Crippen LogP contribution in [0.3, 0.4) is 0 Å². The Kier molecular flexibility index (Phi) is 4.82. The molecule has 1 aliphatic rings. The van der Waals surface area contributed by atoms with Gasteiger partial charge < -0.3 is 15.2 Å². The molecule has 0 unspecified atom stereocenters. The molecule has 0 saturated heterocycles. The first-order valence-electron chi connectivity index (χ1n) is 7.21. The molecule has 2 rings (SSSR count). The Bertz CT molecular complexity index is 482. The molecule has 112 valence electrons. The van der Waals surface area contributed by atoms with Gasteiger partial charge in [-0.1, -0.05) is 30.9 Å². The zero-order valence-corrected chi connectivity index (χ0v) is 13.3. The normalized spacial score (nSPS) is 17.9. The molecule has 0 radical (unpaired) electrons. The fourth-order valence-electron chi connectivity index (χ4n) is 3.40. The van der Waals surface area contributed by atoms with E-state index >= 15 is 0 Å². The fourth-order valence-corrected chi connectivity index (χ4v) is 3.80. The molecule has 1 aliphatic carbocycles. The number of methoxy groups -OCH3 is 2. The van der Waals surface area contributed by atoms with E-state index < -0.39 is 0 Å². The Morgan fingerprint density at radius 2 is 1.75 bits per heavy atom.